The zero-order valence-electron chi connectivity index (χ0n) is 19.3. The van der Waals surface area contributed by atoms with Crippen LogP contribution in [0.5, 0.6) is 0 Å². The molecule has 4 rings (SSSR count). The van der Waals surface area contributed by atoms with Gasteiger partial charge in [-0.2, -0.15) is 4.31 Å². The largest absolute Gasteiger partial charge is 0.322 e. The van der Waals surface area contributed by atoms with Crippen LogP contribution < -0.4 is 10.0 Å². The zero-order chi connectivity index (χ0) is 25.1. The van der Waals surface area contributed by atoms with Crippen LogP contribution in [0.2, 0.25) is 0 Å². The van der Waals surface area contributed by atoms with Crippen molar-refractivity contribution in [1.29, 1.82) is 0 Å². The molecule has 184 valence electrons. The highest BCUT2D eigenvalue weighted by atomic mass is 32.2. The number of amides is 1. The SMILES string of the molecule is Cc1ccc(S(=O)(=O)Nc2ccc(C(=O)Nc3ccc(S(=O)(=O)N4CCCCC4)cc3)cc2)cc1. The van der Waals surface area contributed by atoms with E-state index in [1.165, 1.54) is 52.8 Å². The van der Waals surface area contributed by atoms with Gasteiger partial charge in [-0.15, -0.1) is 0 Å². The van der Waals surface area contributed by atoms with Crippen molar-refractivity contribution in [1.82, 2.24) is 4.31 Å². The number of nitrogens with one attached hydrogen (secondary N) is 2. The molecule has 0 aromatic heterocycles. The lowest BCUT2D eigenvalue weighted by Gasteiger charge is -2.25. The molecule has 0 bridgehead atoms. The van der Waals surface area contributed by atoms with Crippen LogP contribution in [0.4, 0.5) is 11.4 Å². The second-order valence-electron chi connectivity index (χ2n) is 8.44. The Bertz CT molecular complexity index is 1400. The van der Waals surface area contributed by atoms with Crippen molar-refractivity contribution in [2.75, 3.05) is 23.1 Å². The van der Waals surface area contributed by atoms with E-state index in [-0.39, 0.29) is 9.79 Å². The Morgan fingerprint density at radius 2 is 1.26 bits per heavy atom. The average molecular weight is 514 g/mol. The van der Waals surface area contributed by atoms with Crippen LogP contribution >= 0.6 is 0 Å². The summed E-state index contributed by atoms with van der Waals surface area (Å²) < 4.78 is 54.6. The molecule has 8 nitrogen and oxygen atoms in total. The molecule has 0 unspecified atom stereocenters. The average Bonchev–Trinajstić information content (AvgIpc) is 2.85. The molecule has 1 fully saturated rings. The summed E-state index contributed by atoms with van der Waals surface area (Å²) >= 11 is 0. The first-order chi connectivity index (χ1) is 16.6. The van der Waals surface area contributed by atoms with Gasteiger partial charge < -0.3 is 5.32 Å². The van der Waals surface area contributed by atoms with E-state index in [9.17, 15) is 21.6 Å². The van der Waals surface area contributed by atoms with E-state index in [2.05, 4.69) is 10.0 Å². The maximum Gasteiger partial charge on any atom is 0.261 e. The highest BCUT2D eigenvalue weighted by Gasteiger charge is 2.25. The molecular formula is C25H27N3O5S2. The third kappa shape index (κ3) is 5.90. The van der Waals surface area contributed by atoms with Gasteiger partial charge in [0.2, 0.25) is 10.0 Å². The first-order valence-electron chi connectivity index (χ1n) is 11.3. The molecule has 35 heavy (non-hydrogen) atoms. The van der Waals surface area contributed by atoms with E-state index >= 15 is 0 Å². The third-order valence-electron chi connectivity index (χ3n) is 5.80. The first-order valence-corrected chi connectivity index (χ1v) is 14.2. The maximum absolute atomic E-state index is 12.8. The predicted octanol–water partition coefficient (Wildman–Crippen LogP) is 4.22. The normalized spacial score (nSPS) is 14.9. The number of sulfonamides is 2. The van der Waals surface area contributed by atoms with Gasteiger partial charge in [-0.3, -0.25) is 9.52 Å². The fourth-order valence-corrected chi connectivity index (χ4v) is 6.36. The Hall–Kier alpha value is -3.21. The highest BCUT2D eigenvalue weighted by molar-refractivity contribution is 7.92. The Morgan fingerprint density at radius 3 is 1.86 bits per heavy atom. The third-order valence-corrected chi connectivity index (χ3v) is 9.11. The monoisotopic (exact) mass is 513 g/mol. The molecule has 3 aromatic rings. The summed E-state index contributed by atoms with van der Waals surface area (Å²) in [5, 5.41) is 2.73. The van der Waals surface area contributed by atoms with Gasteiger partial charge >= 0.3 is 0 Å². The lowest BCUT2D eigenvalue weighted by Crippen LogP contribution is -2.35. The number of benzene rings is 3. The van der Waals surface area contributed by atoms with Gasteiger partial charge in [0.1, 0.15) is 0 Å². The van der Waals surface area contributed by atoms with Crippen molar-refractivity contribution in [2.45, 2.75) is 36.0 Å². The van der Waals surface area contributed by atoms with Gasteiger partial charge in [0.15, 0.2) is 0 Å². The van der Waals surface area contributed by atoms with Crippen molar-refractivity contribution in [3.05, 3.63) is 83.9 Å². The molecule has 10 heteroatoms. The van der Waals surface area contributed by atoms with Crippen molar-refractivity contribution < 1.29 is 21.6 Å². The summed E-state index contributed by atoms with van der Waals surface area (Å²) in [5.41, 5.74) is 2.07. The minimum Gasteiger partial charge on any atom is -0.322 e. The molecule has 0 spiro atoms. The van der Waals surface area contributed by atoms with Crippen LogP contribution in [-0.4, -0.2) is 40.1 Å². The van der Waals surface area contributed by atoms with Gasteiger partial charge in [0.05, 0.1) is 9.79 Å². The molecule has 1 aliphatic heterocycles. The van der Waals surface area contributed by atoms with Crippen molar-refractivity contribution in [2.24, 2.45) is 0 Å². The second kappa shape index (κ2) is 10.2. The highest BCUT2D eigenvalue weighted by Crippen LogP contribution is 2.23. The van der Waals surface area contributed by atoms with Crippen molar-refractivity contribution in [3.8, 4) is 0 Å². The van der Waals surface area contributed by atoms with Crippen LogP contribution in [-0.2, 0) is 20.0 Å². The number of carbonyl (C=O) groups excluding carboxylic acids is 1. The molecule has 1 heterocycles. The molecule has 2 N–H and O–H groups in total. The van der Waals surface area contributed by atoms with E-state index in [0.717, 1.165) is 24.8 Å². The molecule has 0 aliphatic carbocycles. The number of hydrogen-bond acceptors (Lipinski definition) is 5. The summed E-state index contributed by atoms with van der Waals surface area (Å²) in [4.78, 5) is 13.0. The summed E-state index contributed by atoms with van der Waals surface area (Å²) in [7, 11) is -7.28. The molecule has 3 aromatic carbocycles. The maximum atomic E-state index is 12.8. The Balaban J connectivity index is 1.40. The molecule has 0 radical (unpaired) electrons. The van der Waals surface area contributed by atoms with Gasteiger partial charge in [-0.1, -0.05) is 24.1 Å². The Morgan fingerprint density at radius 1 is 0.714 bits per heavy atom. The van der Waals surface area contributed by atoms with Gasteiger partial charge in [0, 0.05) is 30.0 Å². The van der Waals surface area contributed by atoms with E-state index in [4.69, 9.17) is 0 Å². The number of rotatable bonds is 7. The van der Waals surface area contributed by atoms with Crippen LogP contribution in [0.15, 0.2) is 82.6 Å². The smallest absolute Gasteiger partial charge is 0.261 e. The Labute approximate surface area is 206 Å². The number of piperidine rings is 1. The van der Waals surface area contributed by atoms with E-state index in [0.29, 0.717) is 30.0 Å². The number of aryl methyl sites for hydroxylation is 1. The van der Waals surface area contributed by atoms with Crippen molar-refractivity contribution >= 4 is 37.3 Å². The molecule has 1 aliphatic rings. The van der Waals surface area contributed by atoms with Crippen LogP contribution in [0.1, 0.15) is 35.2 Å². The fourth-order valence-electron chi connectivity index (χ4n) is 3.79. The topological polar surface area (TPSA) is 113 Å². The van der Waals surface area contributed by atoms with E-state index in [1.807, 2.05) is 6.92 Å². The Kier molecular flexibility index (Phi) is 7.25. The summed E-state index contributed by atoms with van der Waals surface area (Å²) in [6.45, 7) is 2.93. The van der Waals surface area contributed by atoms with Gasteiger partial charge in [0.25, 0.3) is 15.9 Å². The summed E-state index contributed by atoms with van der Waals surface area (Å²) in [5.74, 6) is -0.399. The predicted molar refractivity (Wildman–Crippen MR) is 135 cm³/mol. The van der Waals surface area contributed by atoms with E-state index < -0.39 is 26.0 Å². The molecule has 1 amide bonds. The molecular weight excluding hydrogens is 486 g/mol. The lowest BCUT2D eigenvalue weighted by atomic mass is 10.2. The minimum atomic E-state index is -3.74. The second-order valence-corrected chi connectivity index (χ2v) is 12.1. The minimum absolute atomic E-state index is 0.149. The number of carbonyl (C=O) groups is 1. The van der Waals surface area contributed by atoms with Crippen molar-refractivity contribution in [3.63, 3.8) is 0 Å². The molecule has 0 saturated carbocycles. The van der Waals surface area contributed by atoms with Crippen LogP contribution in [0, 0.1) is 6.92 Å². The van der Waals surface area contributed by atoms with Crippen LogP contribution in [0.3, 0.4) is 0 Å². The number of nitrogens with zero attached hydrogens (tertiary/aromatic N) is 1. The first kappa shape index (κ1) is 24.9. The van der Waals surface area contributed by atoms with E-state index in [1.54, 1.807) is 24.3 Å². The number of anilines is 2. The quantitative estimate of drug-likeness (QED) is 0.491. The fraction of sp³-hybridized carbons (Fsp3) is 0.240. The molecule has 1 saturated heterocycles. The van der Waals surface area contributed by atoms with Crippen LogP contribution in [0.25, 0.3) is 0 Å². The lowest BCUT2D eigenvalue weighted by molar-refractivity contribution is 0.102. The van der Waals surface area contributed by atoms with Gasteiger partial charge in [-0.05, 0) is 80.4 Å². The molecule has 0 atom stereocenters. The summed E-state index contributed by atoms with van der Waals surface area (Å²) in [6, 6.07) is 18.6. The zero-order valence-corrected chi connectivity index (χ0v) is 20.9. The number of hydrogen-bond donors (Lipinski definition) is 2. The van der Waals surface area contributed by atoms with Gasteiger partial charge in [-0.25, -0.2) is 16.8 Å². The summed E-state index contributed by atoms with van der Waals surface area (Å²) in [6.07, 6.45) is 2.76. The standard InChI is InChI=1S/C25H27N3O5S2/c1-19-5-13-23(14-6-19)34(30,31)27-22-9-7-20(8-10-22)25(29)26-21-11-15-24(16-12-21)35(32,33)28-17-3-2-4-18-28/h5-16,27H,2-4,17-18H2,1H3,(H,26,29).